The smallest absolute Gasteiger partial charge is 0.264 e. The Balaban J connectivity index is 1.52. The third kappa shape index (κ3) is 6.60. The molecule has 0 spiro atoms. The topological polar surface area (TPSA) is 69.2 Å². The van der Waals surface area contributed by atoms with Gasteiger partial charge in [-0.05, 0) is 78.4 Å². The van der Waals surface area contributed by atoms with Crippen LogP contribution in [0.25, 0.3) is 6.08 Å². The van der Waals surface area contributed by atoms with Crippen molar-refractivity contribution >= 4 is 62.1 Å². The molecule has 1 fully saturated rings. The number of benzene rings is 3. The lowest BCUT2D eigenvalue weighted by atomic mass is 10.2. The van der Waals surface area contributed by atoms with Crippen molar-refractivity contribution in [2.45, 2.75) is 13.5 Å². The van der Waals surface area contributed by atoms with E-state index in [9.17, 15) is 4.79 Å². The highest BCUT2D eigenvalue weighted by Gasteiger charge is 2.24. The van der Waals surface area contributed by atoms with E-state index in [2.05, 4.69) is 26.2 Å². The zero-order valence-corrected chi connectivity index (χ0v) is 22.2. The third-order valence-corrected chi connectivity index (χ3v) is 6.56. The van der Waals surface area contributed by atoms with Crippen LogP contribution in [0.2, 0.25) is 5.02 Å². The number of methoxy groups -OCH3 is 1. The lowest BCUT2D eigenvalue weighted by Gasteiger charge is -2.13. The van der Waals surface area contributed by atoms with Crippen molar-refractivity contribution in [3.8, 4) is 17.2 Å². The Hall–Kier alpha value is -2.94. The number of carbonyl (C=O) groups is 1. The van der Waals surface area contributed by atoms with Gasteiger partial charge in [-0.25, -0.2) is 4.99 Å². The van der Waals surface area contributed by atoms with Gasteiger partial charge in [-0.2, -0.15) is 0 Å². The molecule has 0 radical (unpaired) electrons. The van der Waals surface area contributed by atoms with Crippen LogP contribution in [-0.4, -0.2) is 24.8 Å². The van der Waals surface area contributed by atoms with Crippen molar-refractivity contribution in [2.24, 2.45) is 4.99 Å². The fourth-order valence-corrected chi connectivity index (χ4v) is 4.50. The second-order valence-corrected chi connectivity index (χ2v) is 9.73. The monoisotopic (exact) mass is 572 g/mol. The van der Waals surface area contributed by atoms with E-state index in [1.807, 2.05) is 49.4 Å². The van der Waals surface area contributed by atoms with Crippen LogP contribution in [0, 0.1) is 0 Å². The minimum absolute atomic E-state index is 0.233. The molecule has 9 heteroatoms. The maximum absolute atomic E-state index is 12.6. The zero-order valence-electron chi connectivity index (χ0n) is 19.0. The quantitative estimate of drug-likeness (QED) is 0.295. The first-order chi connectivity index (χ1) is 16.9. The van der Waals surface area contributed by atoms with E-state index < -0.39 is 0 Å². The Bertz CT molecular complexity index is 1300. The predicted molar refractivity (Wildman–Crippen MR) is 145 cm³/mol. The maximum Gasteiger partial charge on any atom is 0.264 e. The largest absolute Gasteiger partial charge is 0.494 e. The highest BCUT2D eigenvalue weighted by molar-refractivity contribution is 9.10. The van der Waals surface area contributed by atoms with Gasteiger partial charge in [0.1, 0.15) is 18.0 Å². The van der Waals surface area contributed by atoms with Gasteiger partial charge in [-0.1, -0.05) is 45.7 Å². The predicted octanol–water partition coefficient (Wildman–Crippen LogP) is 6.98. The Morgan fingerprint density at radius 3 is 2.54 bits per heavy atom. The summed E-state index contributed by atoms with van der Waals surface area (Å²) in [5.41, 5.74) is 2.39. The van der Waals surface area contributed by atoms with Gasteiger partial charge < -0.3 is 19.5 Å². The Morgan fingerprint density at radius 2 is 1.80 bits per heavy atom. The minimum Gasteiger partial charge on any atom is -0.494 e. The molecular weight excluding hydrogens is 552 g/mol. The van der Waals surface area contributed by atoms with Crippen molar-refractivity contribution in [2.75, 3.05) is 13.7 Å². The van der Waals surface area contributed by atoms with Crippen molar-refractivity contribution in [3.05, 3.63) is 86.2 Å². The van der Waals surface area contributed by atoms with Gasteiger partial charge in [0.2, 0.25) is 0 Å². The molecule has 3 aromatic rings. The molecule has 0 aliphatic carbocycles. The van der Waals surface area contributed by atoms with Gasteiger partial charge in [-0.15, -0.1) is 0 Å². The minimum atomic E-state index is -0.233. The normalized spacial score (nSPS) is 15.4. The summed E-state index contributed by atoms with van der Waals surface area (Å²) >= 11 is 10.8. The summed E-state index contributed by atoms with van der Waals surface area (Å²) in [5.74, 6) is 1.58. The van der Waals surface area contributed by atoms with E-state index in [1.165, 1.54) is 11.8 Å². The van der Waals surface area contributed by atoms with Crippen LogP contribution in [0.1, 0.15) is 18.1 Å². The molecule has 1 aliphatic heterocycles. The third-order valence-electron chi connectivity index (χ3n) is 4.89. The van der Waals surface area contributed by atoms with Crippen LogP contribution in [0.5, 0.6) is 17.2 Å². The Kier molecular flexibility index (Phi) is 8.38. The number of amidine groups is 1. The van der Waals surface area contributed by atoms with Gasteiger partial charge in [0.15, 0.2) is 16.7 Å². The summed E-state index contributed by atoms with van der Waals surface area (Å²) < 4.78 is 18.1. The molecule has 6 nitrogen and oxygen atoms in total. The van der Waals surface area contributed by atoms with E-state index in [0.29, 0.717) is 51.2 Å². The highest BCUT2D eigenvalue weighted by atomic mass is 79.9. The van der Waals surface area contributed by atoms with Crippen LogP contribution in [0.4, 0.5) is 5.69 Å². The fourth-order valence-electron chi connectivity index (χ4n) is 3.24. The zero-order chi connectivity index (χ0) is 24.8. The van der Waals surface area contributed by atoms with Crippen LogP contribution >= 0.6 is 39.3 Å². The van der Waals surface area contributed by atoms with E-state index in [1.54, 1.807) is 31.4 Å². The molecule has 180 valence electrons. The summed E-state index contributed by atoms with van der Waals surface area (Å²) in [6.07, 6.45) is 1.79. The highest BCUT2D eigenvalue weighted by Crippen LogP contribution is 2.35. The molecule has 0 bridgehead atoms. The Labute approximate surface area is 221 Å². The maximum atomic E-state index is 12.6. The summed E-state index contributed by atoms with van der Waals surface area (Å²) in [5, 5.41) is 3.76. The van der Waals surface area contributed by atoms with Gasteiger partial charge in [0.05, 0.1) is 18.6 Å². The number of amides is 1. The molecule has 3 aromatic carbocycles. The summed E-state index contributed by atoms with van der Waals surface area (Å²) in [6, 6.07) is 18.7. The van der Waals surface area contributed by atoms with Crippen molar-refractivity contribution in [1.29, 1.82) is 0 Å². The number of halogens is 2. The number of hydrogen-bond donors (Lipinski definition) is 1. The van der Waals surface area contributed by atoms with Crippen LogP contribution in [0.3, 0.4) is 0 Å². The fraction of sp³-hybridized carbons (Fsp3) is 0.154. The van der Waals surface area contributed by atoms with Gasteiger partial charge in [0, 0.05) is 9.50 Å². The van der Waals surface area contributed by atoms with Gasteiger partial charge >= 0.3 is 0 Å². The van der Waals surface area contributed by atoms with E-state index >= 15 is 0 Å². The lowest BCUT2D eigenvalue weighted by molar-refractivity contribution is -0.115. The van der Waals surface area contributed by atoms with Gasteiger partial charge in [0.25, 0.3) is 5.91 Å². The van der Waals surface area contributed by atoms with E-state index in [4.69, 9.17) is 25.8 Å². The number of nitrogens with one attached hydrogen (secondary N) is 1. The van der Waals surface area contributed by atoms with Crippen LogP contribution < -0.4 is 19.5 Å². The Morgan fingerprint density at radius 1 is 1.03 bits per heavy atom. The number of rotatable bonds is 8. The number of thioether (sulfide) groups is 1. The second-order valence-electron chi connectivity index (χ2n) is 7.35. The molecule has 0 atom stereocenters. The molecule has 0 aromatic heterocycles. The molecule has 1 saturated heterocycles. The van der Waals surface area contributed by atoms with E-state index in [0.717, 1.165) is 15.6 Å². The number of nitrogens with zero attached hydrogens (tertiary/aromatic N) is 1. The molecule has 35 heavy (non-hydrogen) atoms. The standard InChI is InChI=1S/C26H22BrClN2O4S/c1-3-33-23-12-17(6-10-22(23)34-15-16-4-7-18(27)8-5-16)13-24-25(31)30-26(35-24)29-20-14-19(28)9-11-21(20)32-2/h4-14H,3,15H2,1-2H3,(H,29,30,31)/b24-13-. The number of carbonyl (C=O) groups excluding carboxylic acids is 1. The van der Waals surface area contributed by atoms with Crippen molar-refractivity contribution < 1.29 is 19.0 Å². The SMILES string of the molecule is CCOc1cc(/C=C2\SC(=Nc3cc(Cl)ccc3OC)NC2=O)ccc1OCc1ccc(Br)cc1. The average molecular weight is 574 g/mol. The molecule has 0 saturated carbocycles. The van der Waals surface area contributed by atoms with Crippen molar-refractivity contribution in [3.63, 3.8) is 0 Å². The molecule has 4 rings (SSSR count). The van der Waals surface area contributed by atoms with Crippen LogP contribution in [-0.2, 0) is 11.4 Å². The number of hydrogen-bond acceptors (Lipinski definition) is 6. The molecule has 1 N–H and O–H groups in total. The summed E-state index contributed by atoms with van der Waals surface area (Å²) in [6.45, 7) is 2.82. The number of ether oxygens (including phenoxy) is 3. The number of aliphatic imine (C=N–C) groups is 1. The molecule has 1 amide bonds. The first kappa shape index (κ1) is 25.2. The van der Waals surface area contributed by atoms with Crippen molar-refractivity contribution in [1.82, 2.24) is 5.32 Å². The summed E-state index contributed by atoms with van der Waals surface area (Å²) in [7, 11) is 1.56. The van der Waals surface area contributed by atoms with E-state index in [-0.39, 0.29) is 5.91 Å². The molecular formula is C26H22BrClN2O4S. The molecule has 1 aliphatic rings. The first-order valence-corrected chi connectivity index (χ1v) is 12.7. The average Bonchev–Trinajstić information content (AvgIpc) is 3.18. The molecule has 0 unspecified atom stereocenters. The first-order valence-electron chi connectivity index (χ1n) is 10.7. The molecule has 1 heterocycles. The second kappa shape index (κ2) is 11.7. The van der Waals surface area contributed by atoms with Crippen LogP contribution in [0.15, 0.2) is 75.0 Å². The van der Waals surface area contributed by atoms with Gasteiger partial charge in [-0.3, -0.25) is 4.79 Å². The lowest BCUT2D eigenvalue weighted by Crippen LogP contribution is -2.19. The summed E-state index contributed by atoms with van der Waals surface area (Å²) in [4.78, 5) is 17.6.